The number of azide groups is 1. The van der Waals surface area contributed by atoms with E-state index in [9.17, 15) is 14.9 Å². The number of hydrogen-bond acceptors (Lipinski definition) is 5. The molecule has 0 unspecified atom stereocenters. The Morgan fingerprint density at radius 3 is 2.95 bits per heavy atom. The second-order valence-electron chi connectivity index (χ2n) is 3.67. The highest BCUT2D eigenvalue weighted by Gasteiger charge is 2.16. The van der Waals surface area contributed by atoms with Crippen LogP contribution < -0.4 is 0 Å². The van der Waals surface area contributed by atoms with Gasteiger partial charge in [-0.15, -0.1) is 0 Å². The lowest BCUT2D eigenvalue weighted by molar-refractivity contribution is -0.385. The molecule has 0 N–H and O–H groups in total. The summed E-state index contributed by atoms with van der Waals surface area (Å²) in [6.45, 7) is 0.279. The predicted molar refractivity (Wildman–Crippen MR) is 72.1 cm³/mol. The van der Waals surface area contributed by atoms with E-state index in [-0.39, 0.29) is 17.8 Å². The molecule has 8 nitrogen and oxygen atoms in total. The summed E-state index contributed by atoms with van der Waals surface area (Å²) in [5.41, 5.74) is 8.40. The van der Waals surface area contributed by atoms with Crippen LogP contribution in [0.2, 0.25) is 0 Å². The molecule has 1 rings (SSSR count). The van der Waals surface area contributed by atoms with Gasteiger partial charge < -0.3 is 4.74 Å². The normalized spacial score (nSPS) is 10.1. The van der Waals surface area contributed by atoms with E-state index >= 15 is 0 Å². The van der Waals surface area contributed by atoms with Crippen molar-refractivity contribution in [1.82, 2.24) is 0 Å². The molecule has 0 bridgehead atoms. The van der Waals surface area contributed by atoms with Gasteiger partial charge in [-0.05, 0) is 24.1 Å². The molecule has 0 fully saturated rings. The van der Waals surface area contributed by atoms with E-state index in [0.29, 0.717) is 12.0 Å². The largest absolute Gasteiger partial charge is 0.465 e. The highest BCUT2D eigenvalue weighted by atomic mass is 16.6. The van der Waals surface area contributed by atoms with Crippen molar-refractivity contribution in [3.8, 4) is 0 Å². The third kappa shape index (κ3) is 4.11. The Morgan fingerprint density at radius 2 is 2.35 bits per heavy atom. The molecule has 0 aromatic heterocycles. The molecule has 0 heterocycles. The maximum Gasteiger partial charge on any atom is 0.338 e. The van der Waals surface area contributed by atoms with E-state index in [0.717, 1.165) is 0 Å². The van der Waals surface area contributed by atoms with E-state index in [2.05, 4.69) is 14.8 Å². The van der Waals surface area contributed by atoms with Gasteiger partial charge in [0.1, 0.15) is 0 Å². The van der Waals surface area contributed by atoms with Crippen LogP contribution in [0.25, 0.3) is 16.5 Å². The first-order valence-electron chi connectivity index (χ1n) is 5.64. The number of carbonyl (C=O) groups is 1. The molecule has 0 aliphatic carbocycles. The molecule has 0 saturated carbocycles. The summed E-state index contributed by atoms with van der Waals surface area (Å²) < 4.78 is 4.51. The van der Waals surface area contributed by atoms with E-state index in [1.165, 1.54) is 25.3 Å². The third-order valence-electron chi connectivity index (χ3n) is 2.40. The van der Waals surface area contributed by atoms with Crippen LogP contribution in [-0.2, 0) is 4.74 Å². The molecule has 0 aliphatic rings. The quantitative estimate of drug-likeness (QED) is 0.151. The number of benzene rings is 1. The summed E-state index contributed by atoms with van der Waals surface area (Å²) in [4.78, 5) is 24.3. The zero-order valence-electron chi connectivity index (χ0n) is 10.7. The van der Waals surface area contributed by atoms with Crippen LogP contribution in [0, 0.1) is 10.1 Å². The van der Waals surface area contributed by atoms with Crippen molar-refractivity contribution in [1.29, 1.82) is 0 Å². The van der Waals surface area contributed by atoms with Gasteiger partial charge in [-0.3, -0.25) is 10.1 Å². The van der Waals surface area contributed by atoms with E-state index in [1.54, 1.807) is 12.2 Å². The first kappa shape index (κ1) is 15.2. The summed E-state index contributed by atoms with van der Waals surface area (Å²) in [5, 5.41) is 14.3. The Morgan fingerprint density at radius 1 is 1.60 bits per heavy atom. The van der Waals surface area contributed by atoms with Crippen molar-refractivity contribution < 1.29 is 14.5 Å². The Hall–Kier alpha value is -2.86. The molecule has 0 saturated heterocycles. The average Bonchev–Trinajstić information content (AvgIpc) is 2.46. The summed E-state index contributed by atoms with van der Waals surface area (Å²) in [6, 6.07) is 4.08. The second-order valence-corrected chi connectivity index (χ2v) is 3.67. The summed E-state index contributed by atoms with van der Waals surface area (Å²) in [6.07, 6.45) is 3.68. The average molecular weight is 276 g/mol. The fourth-order valence-corrected chi connectivity index (χ4v) is 1.47. The van der Waals surface area contributed by atoms with Crippen LogP contribution in [0.5, 0.6) is 0 Å². The molecule has 20 heavy (non-hydrogen) atoms. The highest BCUT2D eigenvalue weighted by molar-refractivity contribution is 5.90. The van der Waals surface area contributed by atoms with Crippen LogP contribution in [0.1, 0.15) is 22.3 Å². The molecule has 1 aromatic rings. The fourth-order valence-electron chi connectivity index (χ4n) is 1.47. The standard InChI is InChI=1S/C12H12N4O4/c1-20-12(17)10-6-5-9(11(8-10)16(18)19)4-2-3-7-14-15-13/h2,4-6,8H,3,7H2,1H3. The number of carbonyl (C=O) groups excluding carboxylic acids is 1. The van der Waals surface area contributed by atoms with Gasteiger partial charge in [0.2, 0.25) is 0 Å². The Balaban J connectivity index is 2.98. The molecule has 104 valence electrons. The van der Waals surface area contributed by atoms with Crippen LogP contribution in [0.15, 0.2) is 29.4 Å². The monoisotopic (exact) mass is 276 g/mol. The molecule has 0 spiro atoms. The van der Waals surface area contributed by atoms with E-state index in [4.69, 9.17) is 5.53 Å². The van der Waals surface area contributed by atoms with Crippen molar-refractivity contribution in [2.75, 3.05) is 13.7 Å². The molecule has 0 amide bonds. The van der Waals surface area contributed by atoms with Crippen LogP contribution in [0.4, 0.5) is 5.69 Å². The maximum absolute atomic E-state index is 11.3. The number of nitro benzene ring substituents is 1. The minimum absolute atomic E-state index is 0.116. The zero-order chi connectivity index (χ0) is 15.0. The molecular weight excluding hydrogens is 264 g/mol. The van der Waals surface area contributed by atoms with Crippen molar-refractivity contribution in [3.63, 3.8) is 0 Å². The predicted octanol–water partition coefficient (Wildman–Crippen LogP) is 3.10. The number of nitrogens with zero attached hydrogens (tertiary/aromatic N) is 4. The highest BCUT2D eigenvalue weighted by Crippen LogP contribution is 2.22. The SMILES string of the molecule is COC(=O)c1ccc(C=CCCN=[N+]=[N-])c([N+](=O)[O-])c1. The summed E-state index contributed by atoms with van der Waals surface area (Å²) >= 11 is 0. The molecular formula is C12H12N4O4. The van der Waals surface area contributed by atoms with E-state index in [1.807, 2.05) is 0 Å². The first-order valence-corrected chi connectivity index (χ1v) is 5.64. The summed E-state index contributed by atoms with van der Waals surface area (Å²) in [7, 11) is 1.21. The fraction of sp³-hybridized carbons (Fsp3) is 0.250. The first-order chi connectivity index (χ1) is 9.60. The van der Waals surface area contributed by atoms with Gasteiger partial charge in [0.05, 0.1) is 23.2 Å². The van der Waals surface area contributed by atoms with Crippen molar-refractivity contribution in [3.05, 3.63) is 56.0 Å². The summed E-state index contributed by atoms with van der Waals surface area (Å²) in [5.74, 6) is -0.632. The number of rotatable bonds is 6. The smallest absolute Gasteiger partial charge is 0.338 e. The molecule has 0 atom stereocenters. The lowest BCUT2D eigenvalue weighted by Gasteiger charge is -2.01. The Labute approximate surface area is 114 Å². The third-order valence-corrected chi connectivity index (χ3v) is 2.40. The maximum atomic E-state index is 11.3. The molecule has 8 heteroatoms. The number of nitro groups is 1. The number of hydrogen-bond donors (Lipinski definition) is 0. The van der Waals surface area contributed by atoms with Gasteiger partial charge in [-0.1, -0.05) is 17.3 Å². The van der Waals surface area contributed by atoms with Gasteiger partial charge >= 0.3 is 5.97 Å². The van der Waals surface area contributed by atoms with E-state index < -0.39 is 10.9 Å². The van der Waals surface area contributed by atoms with Crippen LogP contribution in [-0.4, -0.2) is 24.5 Å². The van der Waals surface area contributed by atoms with Gasteiger partial charge in [-0.25, -0.2) is 4.79 Å². The lowest BCUT2D eigenvalue weighted by atomic mass is 10.1. The second kappa shape index (κ2) is 7.55. The lowest BCUT2D eigenvalue weighted by Crippen LogP contribution is -2.02. The van der Waals surface area contributed by atoms with Crippen LogP contribution >= 0.6 is 0 Å². The van der Waals surface area contributed by atoms with Crippen LogP contribution in [0.3, 0.4) is 0 Å². The van der Waals surface area contributed by atoms with Gasteiger partial charge in [0.15, 0.2) is 0 Å². The molecule has 0 radical (unpaired) electrons. The van der Waals surface area contributed by atoms with Gasteiger partial charge in [0, 0.05) is 17.5 Å². The molecule has 1 aromatic carbocycles. The number of ether oxygens (including phenoxy) is 1. The Bertz CT molecular complexity index is 591. The minimum Gasteiger partial charge on any atom is -0.465 e. The van der Waals surface area contributed by atoms with Crippen molar-refractivity contribution in [2.45, 2.75) is 6.42 Å². The van der Waals surface area contributed by atoms with Gasteiger partial charge in [0.25, 0.3) is 5.69 Å². The number of esters is 1. The zero-order valence-corrected chi connectivity index (χ0v) is 10.7. The van der Waals surface area contributed by atoms with Crippen molar-refractivity contribution >= 4 is 17.7 Å². The topological polar surface area (TPSA) is 118 Å². The van der Waals surface area contributed by atoms with Gasteiger partial charge in [-0.2, -0.15) is 0 Å². The Kier molecular flexibility index (Phi) is 5.74. The van der Waals surface area contributed by atoms with Crippen molar-refractivity contribution in [2.24, 2.45) is 5.11 Å². The minimum atomic E-state index is -0.632. The number of methoxy groups -OCH3 is 1. The molecule has 0 aliphatic heterocycles.